The third-order valence-corrected chi connectivity index (χ3v) is 10.2. The monoisotopic (exact) mass is 445 g/mol. The number of benzene rings is 1. The first-order valence-electron chi connectivity index (χ1n) is 13.4. The maximum Gasteiger partial charge on any atom is 0.0577 e. The number of anilines is 1. The van der Waals surface area contributed by atoms with Gasteiger partial charge in [-0.15, -0.1) is 0 Å². The minimum absolute atomic E-state index is 0.120. The van der Waals surface area contributed by atoms with Crippen LogP contribution in [0.15, 0.2) is 59.5 Å². The quantitative estimate of drug-likeness (QED) is 0.476. The van der Waals surface area contributed by atoms with Crippen LogP contribution in [0.1, 0.15) is 84.6 Å². The number of hydrogen-bond acceptors (Lipinski definition) is 2. The maximum absolute atomic E-state index is 10.3. The summed E-state index contributed by atoms with van der Waals surface area (Å²) < 4.78 is 0. The minimum Gasteiger partial charge on any atom is -0.393 e. The Balaban J connectivity index is 1.50. The van der Waals surface area contributed by atoms with Crippen molar-refractivity contribution >= 4 is 5.69 Å². The number of fused-ring (bicyclic) bond motifs is 5. The number of aliphatic hydroxyl groups is 1. The van der Waals surface area contributed by atoms with Gasteiger partial charge in [0.05, 0.1) is 6.10 Å². The van der Waals surface area contributed by atoms with E-state index in [0.717, 1.165) is 37.0 Å². The highest BCUT2D eigenvalue weighted by molar-refractivity contribution is 5.62. The average Bonchev–Trinajstić information content (AvgIpc) is 3.15. The Labute approximate surface area is 201 Å². The van der Waals surface area contributed by atoms with Gasteiger partial charge in [0.2, 0.25) is 0 Å². The molecule has 4 aliphatic carbocycles. The fourth-order valence-electron chi connectivity index (χ4n) is 7.97. The Morgan fingerprint density at radius 1 is 1.06 bits per heavy atom. The summed E-state index contributed by atoms with van der Waals surface area (Å²) in [6.45, 7) is 11.9. The first-order chi connectivity index (χ1) is 15.8. The van der Waals surface area contributed by atoms with E-state index in [9.17, 15) is 5.11 Å². The second kappa shape index (κ2) is 8.45. The van der Waals surface area contributed by atoms with E-state index in [1.54, 1.807) is 5.57 Å². The number of hydrogen-bond donors (Lipinski definition) is 1. The molecule has 2 nitrogen and oxygen atoms in total. The summed E-state index contributed by atoms with van der Waals surface area (Å²) in [5.41, 5.74) is 7.74. The number of rotatable bonds is 4. The Hall–Kier alpha value is -1.80. The van der Waals surface area contributed by atoms with Gasteiger partial charge in [-0.1, -0.05) is 62.3 Å². The molecular formula is C31H43NO. The van der Waals surface area contributed by atoms with Crippen molar-refractivity contribution in [2.24, 2.45) is 28.6 Å². The zero-order valence-electron chi connectivity index (χ0n) is 21.4. The zero-order valence-corrected chi connectivity index (χ0v) is 21.4. The third kappa shape index (κ3) is 3.64. The molecule has 0 saturated heterocycles. The van der Waals surface area contributed by atoms with Gasteiger partial charge in [-0.25, -0.2) is 0 Å². The number of aryl methyl sites for hydroxylation is 1. The van der Waals surface area contributed by atoms with Gasteiger partial charge >= 0.3 is 0 Å². The van der Waals surface area contributed by atoms with Crippen molar-refractivity contribution in [2.45, 2.75) is 92.1 Å². The van der Waals surface area contributed by atoms with E-state index < -0.39 is 0 Å². The molecule has 178 valence electrons. The molecule has 6 atom stereocenters. The number of allylic oxidation sites excluding steroid dienone is 4. The molecule has 0 radical (unpaired) electrons. The van der Waals surface area contributed by atoms with Crippen molar-refractivity contribution in [3.8, 4) is 0 Å². The molecule has 4 aliphatic rings. The second-order valence-electron chi connectivity index (χ2n) is 11.9. The number of para-hydroxylation sites is 1. The van der Waals surface area contributed by atoms with Crippen molar-refractivity contribution < 1.29 is 5.11 Å². The number of aliphatic hydroxyl groups excluding tert-OH is 1. The van der Waals surface area contributed by atoms with Crippen LogP contribution in [0.2, 0.25) is 0 Å². The van der Waals surface area contributed by atoms with E-state index in [-0.39, 0.29) is 11.5 Å². The van der Waals surface area contributed by atoms with E-state index in [1.165, 1.54) is 54.6 Å². The maximum atomic E-state index is 10.3. The summed E-state index contributed by atoms with van der Waals surface area (Å²) in [6.07, 6.45) is 16.6. The molecule has 0 bridgehead atoms. The Bertz CT molecular complexity index is 1000. The van der Waals surface area contributed by atoms with Gasteiger partial charge in [-0.2, -0.15) is 0 Å². The molecule has 0 aromatic heterocycles. The highest BCUT2D eigenvalue weighted by Gasteiger charge is 2.57. The summed E-state index contributed by atoms with van der Waals surface area (Å²) in [7, 11) is 0. The van der Waals surface area contributed by atoms with Crippen molar-refractivity contribution in [3.63, 3.8) is 0 Å². The normalized spacial score (nSPS) is 38.1. The molecule has 0 heterocycles. The topological polar surface area (TPSA) is 23.5 Å². The van der Waals surface area contributed by atoms with Gasteiger partial charge in [-0.3, -0.25) is 0 Å². The Morgan fingerprint density at radius 3 is 2.58 bits per heavy atom. The van der Waals surface area contributed by atoms with Crippen molar-refractivity contribution in [1.29, 1.82) is 0 Å². The second-order valence-corrected chi connectivity index (χ2v) is 11.9. The molecular weight excluding hydrogens is 402 g/mol. The van der Waals surface area contributed by atoms with Crippen molar-refractivity contribution in [3.05, 3.63) is 65.0 Å². The Morgan fingerprint density at radius 2 is 1.82 bits per heavy atom. The predicted octanol–water partition coefficient (Wildman–Crippen LogP) is 7.93. The predicted molar refractivity (Wildman–Crippen MR) is 139 cm³/mol. The molecule has 2 saturated carbocycles. The van der Waals surface area contributed by atoms with E-state index in [4.69, 9.17) is 0 Å². The zero-order chi connectivity index (χ0) is 23.4. The lowest BCUT2D eigenvalue weighted by atomic mass is 9.47. The number of nitrogens with zero attached hydrogens (tertiary/aromatic N) is 1. The van der Waals surface area contributed by atoms with Crippen LogP contribution < -0.4 is 4.90 Å². The summed E-state index contributed by atoms with van der Waals surface area (Å²) in [4.78, 5) is 2.55. The lowest BCUT2D eigenvalue weighted by Gasteiger charge is -2.58. The molecule has 0 aliphatic heterocycles. The highest BCUT2D eigenvalue weighted by Crippen LogP contribution is 2.65. The molecule has 1 N–H and O–H groups in total. The molecule has 0 amide bonds. The van der Waals surface area contributed by atoms with E-state index in [2.05, 4.69) is 82.1 Å². The van der Waals surface area contributed by atoms with Crippen LogP contribution in [0.4, 0.5) is 5.69 Å². The SMILES string of the molecule is CCC(C)=CN(C1=CCC2C3CC=C4CC(O)CCC4(C)C3CCC12C)c1ccccc1C. The smallest absolute Gasteiger partial charge is 0.0577 e. The van der Waals surface area contributed by atoms with Crippen LogP contribution in [0.3, 0.4) is 0 Å². The third-order valence-electron chi connectivity index (χ3n) is 10.2. The van der Waals surface area contributed by atoms with Crippen LogP contribution in [0, 0.1) is 35.5 Å². The van der Waals surface area contributed by atoms with E-state index in [1.807, 2.05) is 0 Å². The van der Waals surface area contributed by atoms with Gasteiger partial charge in [0, 0.05) is 23.0 Å². The lowest BCUT2D eigenvalue weighted by molar-refractivity contribution is -0.0297. The van der Waals surface area contributed by atoms with Gasteiger partial charge in [0.15, 0.2) is 0 Å². The highest BCUT2D eigenvalue weighted by atomic mass is 16.3. The van der Waals surface area contributed by atoms with Crippen LogP contribution in [0.25, 0.3) is 0 Å². The molecule has 0 spiro atoms. The fraction of sp³-hybridized carbons (Fsp3) is 0.613. The standard InChI is InChI=1S/C31H43NO/c1-6-21(2)20-32(28-10-8-7-9-22(28)3)29-14-13-26-25-12-11-23-19-24(33)15-17-30(23,4)27(25)16-18-31(26,29)5/h7-11,14,20,24-27,33H,6,12-13,15-19H2,1-5H3. The summed E-state index contributed by atoms with van der Waals surface area (Å²) in [6, 6.07) is 8.87. The van der Waals surface area contributed by atoms with Gasteiger partial charge in [0.1, 0.15) is 0 Å². The first kappa shape index (κ1) is 23.0. The molecule has 6 unspecified atom stereocenters. The molecule has 5 rings (SSSR count). The van der Waals surface area contributed by atoms with Crippen LogP contribution >= 0.6 is 0 Å². The minimum atomic E-state index is -0.120. The molecule has 1 aromatic carbocycles. The van der Waals surface area contributed by atoms with Gasteiger partial charge in [-0.05, 0) is 100 Å². The van der Waals surface area contributed by atoms with Crippen LogP contribution in [-0.2, 0) is 0 Å². The largest absolute Gasteiger partial charge is 0.393 e. The summed E-state index contributed by atoms with van der Waals surface area (Å²) in [5, 5.41) is 10.3. The molecule has 1 aromatic rings. The first-order valence-corrected chi connectivity index (χ1v) is 13.4. The summed E-state index contributed by atoms with van der Waals surface area (Å²) >= 11 is 0. The van der Waals surface area contributed by atoms with Crippen LogP contribution in [-0.4, -0.2) is 11.2 Å². The van der Waals surface area contributed by atoms with Crippen molar-refractivity contribution in [1.82, 2.24) is 0 Å². The van der Waals surface area contributed by atoms with Crippen LogP contribution in [0.5, 0.6) is 0 Å². The van der Waals surface area contributed by atoms with Gasteiger partial charge in [0.25, 0.3) is 0 Å². The molecule has 2 heteroatoms. The molecule has 33 heavy (non-hydrogen) atoms. The molecule has 2 fully saturated rings. The van der Waals surface area contributed by atoms with Gasteiger partial charge < -0.3 is 10.0 Å². The summed E-state index contributed by atoms with van der Waals surface area (Å²) in [5.74, 6) is 2.25. The fourth-order valence-corrected chi connectivity index (χ4v) is 7.97. The Kier molecular flexibility index (Phi) is 5.88. The lowest BCUT2D eigenvalue weighted by Crippen LogP contribution is -2.50. The van der Waals surface area contributed by atoms with E-state index in [0.29, 0.717) is 5.41 Å². The van der Waals surface area contributed by atoms with E-state index >= 15 is 0 Å². The van der Waals surface area contributed by atoms with Crippen molar-refractivity contribution in [2.75, 3.05) is 4.90 Å². The average molecular weight is 446 g/mol.